The average molecular weight is 152 g/mol. The molecule has 0 N–H and O–H groups in total. The first-order valence-electron chi connectivity index (χ1n) is 3.49. The summed E-state index contributed by atoms with van der Waals surface area (Å²) < 4.78 is 35.6. The molecule has 1 aliphatic rings. The van der Waals surface area contributed by atoms with E-state index in [1.165, 1.54) is 0 Å². The molecule has 0 aromatic rings. The SMILES string of the molecule is CC(C)C1CC1C(F)(F)F. The Morgan fingerprint density at radius 2 is 1.80 bits per heavy atom. The maximum Gasteiger partial charge on any atom is 0.392 e. The third-order valence-electron chi connectivity index (χ3n) is 2.12. The van der Waals surface area contributed by atoms with Crippen molar-refractivity contribution < 1.29 is 13.2 Å². The predicted molar refractivity (Wildman–Crippen MR) is 32.5 cm³/mol. The highest BCUT2D eigenvalue weighted by atomic mass is 19.4. The summed E-state index contributed by atoms with van der Waals surface area (Å²) in [5, 5.41) is 0. The fraction of sp³-hybridized carbons (Fsp3) is 1.00. The van der Waals surface area contributed by atoms with Crippen LogP contribution in [-0.2, 0) is 0 Å². The standard InChI is InChI=1S/C7H11F3/c1-4(2)5-3-6(5)7(8,9)10/h4-6H,3H2,1-2H3. The first kappa shape index (κ1) is 7.89. The summed E-state index contributed by atoms with van der Waals surface area (Å²) in [6, 6.07) is 0. The summed E-state index contributed by atoms with van der Waals surface area (Å²) in [5.41, 5.74) is 0. The maximum atomic E-state index is 11.9. The molecule has 0 aromatic carbocycles. The van der Waals surface area contributed by atoms with Gasteiger partial charge >= 0.3 is 6.18 Å². The molecule has 0 saturated heterocycles. The van der Waals surface area contributed by atoms with Crippen LogP contribution in [0.5, 0.6) is 0 Å². The normalized spacial score (nSPS) is 33.0. The minimum atomic E-state index is -3.94. The van der Waals surface area contributed by atoms with Gasteiger partial charge in [-0.2, -0.15) is 13.2 Å². The van der Waals surface area contributed by atoms with Crippen LogP contribution in [0.3, 0.4) is 0 Å². The third-order valence-corrected chi connectivity index (χ3v) is 2.12. The molecule has 0 aromatic heterocycles. The monoisotopic (exact) mass is 152 g/mol. The van der Waals surface area contributed by atoms with Gasteiger partial charge in [-0.05, 0) is 18.3 Å². The van der Waals surface area contributed by atoms with Gasteiger partial charge in [-0.25, -0.2) is 0 Å². The van der Waals surface area contributed by atoms with Gasteiger partial charge in [-0.3, -0.25) is 0 Å². The fourth-order valence-electron chi connectivity index (χ4n) is 1.33. The summed E-state index contributed by atoms with van der Waals surface area (Å²) in [6.45, 7) is 3.69. The van der Waals surface area contributed by atoms with Crippen LogP contribution < -0.4 is 0 Å². The van der Waals surface area contributed by atoms with Gasteiger partial charge in [-0.15, -0.1) is 0 Å². The minimum absolute atomic E-state index is 0.0972. The van der Waals surface area contributed by atoms with E-state index in [1.54, 1.807) is 0 Å². The van der Waals surface area contributed by atoms with Crippen molar-refractivity contribution in [3.63, 3.8) is 0 Å². The van der Waals surface area contributed by atoms with Gasteiger partial charge < -0.3 is 0 Å². The number of hydrogen-bond acceptors (Lipinski definition) is 0. The Hall–Kier alpha value is -0.210. The number of alkyl halides is 3. The van der Waals surface area contributed by atoms with Crippen LogP contribution in [0.1, 0.15) is 20.3 Å². The number of halogens is 3. The minimum Gasteiger partial charge on any atom is -0.171 e. The summed E-state index contributed by atoms with van der Waals surface area (Å²) in [5.74, 6) is -0.904. The summed E-state index contributed by atoms with van der Waals surface area (Å²) in [4.78, 5) is 0. The molecule has 0 heterocycles. The first-order chi connectivity index (χ1) is 4.43. The molecule has 60 valence electrons. The molecule has 2 unspecified atom stereocenters. The van der Waals surface area contributed by atoms with Crippen molar-refractivity contribution in [2.24, 2.45) is 17.8 Å². The van der Waals surface area contributed by atoms with Gasteiger partial charge in [0.2, 0.25) is 0 Å². The lowest BCUT2D eigenvalue weighted by Crippen LogP contribution is -2.13. The lowest BCUT2D eigenvalue weighted by molar-refractivity contribution is -0.152. The number of hydrogen-bond donors (Lipinski definition) is 0. The highest BCUT2D eigenvalue weighted by Crippen LogP contribution is 2.53. The van der Waals surface area contributed by atoms with Gasteiger partial charge in [0, 0.05) is 0 Å². The van der Waals surface area contributed by atoms with E-state index in [1.807, 2.05) is 13.8 Å². The lowest BCUT2D eigenvalue weighted by atomic mass is 10.1. The smallest absolute Gasteiger partial charge is 0.171 e. The van der Waals surface area contributed by atoms with Crippen molar-refractivity contribution in [1.82, 2.24) is 0 Å². The third kappa shape index (κ3) is 1.44. The van der Waals surface area contributed by atoms with E-state index in [2.05, 4.69) is 0 Å². The lowest BCUT2D eigenvalue weighted by Gasteiger charge is -2.06. The second-order valence-corrected chi connectivity index (χ2v) is 3.29. The van der Waals surface area contributed by atoms with E-state index in [9.17, 15) is 13.2 Å². The summed E-state index contributed by atoms with van der Waals surface area (Å²) >= 11 is 0. The Bertz CT molecular complexity index is 125. The number of rotatable bonds is 1. The Labute approximate surface area is 58.4 Å². The van der Waals surface area contributed by atoms with Crippen molar-refractivity contribution in [2.45, 2.75) is 26.4 Å². The van der Waals surface area contributed by atoms with E-state index in [0.29, 0.717) is 6.42 Å². The van der Waals surface area contributed by atoms with Gasteiger partial charge in [0.25, 0.3) is 0 Å². The Kier molecular flexibility index (Phi) is 1.69. The van der Waals surface area contributed by atoms with Crippen molar-refractivity contribution in [3.8, 4) is 0 Å². The Balaban J connectivity index is 2.39. The van der Waals surface area contributed by atoms with Crippen molar-refractivity contribution in [1.29, 1.82) is 0 Å². The van der Waals surface area contributed by atoms with Crippen LogP contribution in [0.4, 0.5) is 13.2 Å². The molecule has 1 fully saturated rings. The highest BCUT2D eigenvalue weighted by molar-refractivity contribution is 4.92. The molecule has 1 saturated carbocycles. The Morgan fingerprint density at radius 3 is 1.90 bits per heavy atom. The zero-order valence-corrected chi connectivity index (χ0v) is 6.07. The van der Waals surface area contributed by atoms with E-state index in [0.717, 1.165) is 0 Å². The zero-order valence-electron chi connectivity index (χ0n) is 6.07. The predicted octanol–water partition coefficient (Wildman–Crippen LogP) is 2.84. The zero-order chi connectivity index (χ0) is 7.94. The molecule has 1 aliphatic carbocycles. The van der Waals surface area contributed by atoms with Gasteiger partial charge in [0.05, 0.1) is 5.92 Å². The molecule has 2 atom stereocenters. The van der Waals surface area contributed by atoms with Crippen molar-refractivity contribution in [3.05, 3.63) is 0 Å². The van der Waals surface area contributed by atoms with E-state index < -0.39 is 12.1 Å². The van der Waals surface area contributed by atoms with Crippen LogP contribution in [0, 0.1) is 17.8 Å². The summed E-state index contributed by atoms with van der Waals surface area (Å²) in [7, 11) is 0. The van der Waals surface area contributed by atoms with Crippen LogP contribution in [0.15, 0.2) is 0 Å². The topological polar surface area (TPSA) is 0 Å². The van der Waals surface area contributed by atoms with Gasteiger partial charge in [0.15, 0.2) is 0 Å². The molecule has 0 amide bonds. The molecular weight excluding hydrogens is 141 g/mol. The van der Waals surface area contributed by atoms with E-state index in [-0.39, 0.29) is 11.8 Å². The van der Waals surface area contributed by atoms with Crippen LogP contribution in [-0.4, -0.2) is 6.18 Å². The quantitative estimate of drug-likeness (QED) is 0.542. The van der Waals surface area contributed by atoms with Gasteiger partial charge in [0.1, 0.15) is 0 Å². The summed E-state index contributed by atoms with van der Waals surface area (Å²) in [6.07, 6.45) is -3.59. The van der Waals surface area contributed by atoms with E-state index >= 15 is 0 Å². The average Bonchev–Trinajstić information content (AvgIpc) is 2.35. The largest absolute Gasteiger partial charge is 0.392 e. The molecule has 0 spiro atoms. The van der Waals surface area contributed by atoms with Crippen LogP contribution in [0.2, 0.25) is 0 Å². The fourth-order valence-corrected chi connectivity index (χ4v) is 1.33. The first-order valence-corrected chi connectivity index (χ1v) is 3.49. The molecular formula is C7H11F3. The molecule has 1 rings (SSSR count). The molecule has 0 bridgehead atoms. The van der Waals surface area contributed by atoms with Crippen LogP contribution >= 0.6 is 0 Å². The van der Waals surface area contributed by atoms with E-state index in [4.69, 9.17) is 0 Å². The van der Waals surface area contributed by atoms with Crippen molar-refractivity contribution >= 4 is 0 Å². The molecule has 0 aliphatic heterocycles. The van der Waals surface area contributed by atoms with Crippen LogP contribution in [0.25, 0.3) is 0 Å². The molecule has 3 heteroatoms. The maximum absolute atomic E-state index is 11.9. The second-order valence-electron chi connectivity index (χ2n) is 3.29. The highest BCUT2D eigenvalue weighted by Gasteiger charge is 2.56. The Morgan fingerprint density at radius 1 is 1.30 bits per heavy atom. The molecule has 10 heavy (non-hydrogen) atoms. The van der Waals surface area contributed by atoms with Crippen molar-refractivity contribution in [2.75, 3.05) is 0 Å². The molecule has 0 nitrogen and oxygen atoms in total. The second kappa shape index (κ2) is 2.14. The molecule has 0 radical (unpaired) electrons. The van der Waals surface area contributed by atoms with Gasteiger partial charge in [-0.1, -0.05) is 13.8 Å².